The minimum absolute atomic E-state index is 0.0994. The number of benzene rings is 1. The topological polar surface area (TPSA) is 68.8 Å². The first-order valence-corrected chi connectivity index (χ1v) is 8.52. The number of aliphatic hydroxyl groups is 1. The van der Waals surface area contributed by atoms with E-state index in [1.165, 1.54) is 7.05 Å². The molecule has 0 amide bonds. The number of imidazole rings is 1. The summed E-state index contributed by atoms with van der Waals surface area (Å²) in [5, 5.41) is 16.7. The molecular formula is C14H13ClF3N5OS. The molecule has 11 heteroatoms. The molecule has 0 spiro atoms. The quantitative estimate of drug-likeness (QED) is 0.677. The number of fused-ring (bicyclic) bond motifs is 1. The Kier molecular flexibility index (Phi) is 4.94. The molecule has 0 radical (unpaired) electrons. The van der Waals surface area contributed by atoms with Crippen LogP contribution < -0.4 is 0 Å². The van der Waals surface area contributed by atoms with Crippen molar-refractivity contribution in [1.82, 2.24) is 24.3 Å². The molecule has 0 aliphatic carbocycles. The van der Waals surface area contributed by atoms with Gasteiger partial charge < -0.3 is 14.2 Å². The van der Waals surface area contributed by atoms with Crippen LogP contribution in [0.3, 0.4) is 0 Å². The van der Waals surface area contributed by atoms with Gasteiger partial charge in [-0.05, 0) is 18.2 Å². The molecule has 0 atom stereocenters. The third kappa shape index (κ3) is 3.60. The fourth-order valence-electron chi connectivity index (χ4n) is 2.42. The van der Waals surface area contributed by atoms with Gasteiger partial charge in [0.25, 0.3) is 0 Å². The van der Waals surface area contributed by atoms with Gasteiger partial charge in [-0.3, -0.25) is 0 Å². The summed E-state index contributed by atoms with van der Waals surface area (Å²) in [6.45, 7) is 0.206. The second-order valence-electron chi connectivity index (χ2n) is 5.19. The van der Waals surface area contributed by atoms with E-state index in [2.05, 4.69) is 15.2 Å². The molecule has 0 saturated heterocycles. The van der Waals surface area contributed by atoms with Crippen molar-refractivity contribution in [1.29, 1.82) is 0 Å². The molecule has 25 heavy (non-hydrogen) atoms. The zero-order valence-corrected chi connectivity index (χ0v) is 14.5. The number of thioether (sulfide) groups is 1. The van der Waals surface area contributed by atoms with Crippen LogP contribution in [0.15, 0.2) is 23.4 Å². The number of halogens is 4. The Morgan fingerprint density at radius 2 is 2.04 bits per heavy atom. The summed E-state index contributed by atoms with van der Waals surface area (Å²) in [4.78, 5) is 4.47. The van der Waals surface area contributed by atoms with Crippen molar-refractivity contribution < 1.29 is 18.3 Å². The number of hydrogen-bond acceptors (Lipinski definition) is 5. The van der Waals surface area contributed by atoms with Crippen molar-refractivity contribution in [2.75, 3.05) is 6.61 Å². The first-order valence-electron chi connectivity index (χ1n) is 7.16. The van der Waals surface area contributed by atoms with Gasteiger partial charge in [-0.25, -0.2) is 4.98 Å². The Morgan fingerprint density at radius 3 is 2.68 bits per heavy atom. The van der Waals surface area contributed by atoms with Crippen molar-refractivity contribution in [2.45, 2.75) is 23.6 Å². The van der Waals surface area contributed by atoms with Crippen LogP contribution in [-0.4, -0.2) is 36.0 Å². The molecule has 134 valence electrons. The first-order chi connectivity index (χ1) is 11.8. The maximum atomic E-state index is 12.8. The largest absolute Gasteiger partial charge is 0.451 e. The SMILES string of the molecule is Cn1c(SCc2nc3ccc(Cl)cc3n2CCO)nnc1C(F)(F)F. The van der Waals surface area contributed by atoms with Crippen LogP contribution in [0, 0.1) is 0 Å². The number of alkyl halides is 3. The van der Waals surface area contributed by atoms with E-state index in [4.69, 9.17) is 11.6 Å². The van der Waals surface area contributed by atoms with Crippen LogP contribution in [0.2, 0.25) is 5.02 Å². The Hall–Kier alpha value is -1.78. The second kappa shape index (κ2) is 6.85. The van der Waals surface area contributed by atoms with E-state index < -0.39 is 12.0 Å². The molecule has 2 heterocycles. The third-order valence-electron chi connectivity index (χ3n) is 3.53. The summed E-state index contributed by atoms with van der Waals surface area (Å²) in [5.41, 5.74) is 1.45. The molecule has 3 rings (SSSR count). The predicted molar refractivity (Wildman–Crippen MR) is 87.4 cm³/mol. The smallest absolute Gasteiger partial charge is 0.395 e. The van der Waals surface area contributed by atoms with Crippen LogP contribution in [-0.2, 0) is 25.5 Å². The molecule has 1 N–H and O–H groups in total. The van der Waals surface area contributed by atoms with E-state index in [1.54, 1.807) is 22.8 Å². The van der Waals surface area contributed by atoms with Crippen LogP contribution in [0.1, 0.15) is 11.6 Å². The summed E-state index contributed by atoms with van der Waals surface area (Å²) in [6, 6.07) is 5.19. The zero-order chi connectivity index (χ0) is 18.2. The van der Waals surface area contributed by atoms with Crippen molar-refractivity contribution >= 4 is 34.4 Å². The summed E-state index contributed by atoms with van der Waals surface area (Å²) >= 11 is 7.09. The average molecular weight is 392 g/mol. The van der Waals surface area contributed by atoms with Crippen molar-refractivity contribution in [2.24, 2.45) is 7.05 Å². The number of nitrogens with zero attached hydrogens (tertiary/aromatic N) is 5. The molecule has 0 saturated carbocycles. The summed E-state index contributed by atoms with van der Waals surface area (Å²) in [6.07, 6.45) is -4.55. The van der Waals surface area contributed by atoms with Gasteiger partial charge in [0.05, 0.1) is 23.4 Å². The monoisotopic (exact) mass is 391 g/mol. The van der Waals surface area contributed by atoms with Gasteiger partial charge in [-0.1, -0.05) is 23.4 Å². The number of hydrogen-bond donors (Lipinski definition) is 1. The van der Waals surface area contributed by atoms with E-state index in [0.29, 0.717) is 22.9 Å². The average Bonchev–Trinajstić information content (AvgIpc) is 3.06. The first kappa shape index (κ1) is 18.0. The Bertz CT molecular complexity index is 908. The lowest BCUT2D eigenvalue weighted by molar-refractivity contribution is -0.147. The van der Waals surface area contributed by atoms with Crippen LogP contribution in [0.25, 0.3) is 11.0 Å². The second-order valence-corrected chi connectivity index (χ2v) is 6.57. The minimum Gasteiger partial charge on any atom is -0.395 e. The molecular weight excluding hydrogens is 379 g/mol. The van der Waals surface area contributed by atoms with E-state index in [1.807, 2.05) is 0 Å². The highest BCUT2D eigenvalue weighted by Crippen LogP contribution is 2.31. The third-order valence-corrected chi connectivity index (χ3v) is 4.78. The van der Waals surface area contributed by atoms with Crippen molar-refractivity contribution in [3.05, 3.63) is 34.9 Å². The molecule has 0 bridgehead atoms. The number of aromatic nitrogens is 5. The number of aliphatic hydroxyl groups excluding tert-OH is 1. The van der Waals surface area contributed by atoms with Crippen molar-refractivity contribution in [3.63, 3.8) is 0 Å². The Balaban J connectivity index is 1.89. The molecule has 0 unspecified atom stereocenters. The lowest BCUT2D eigenvalue weighted by Crippen LogP contribution is -2.13. The maximum absolute atomic E-state index is 12.8. The van der Waals surface area contributed by atoms with E-state index >= 15 is 0 Å². The van der Waals surface area contributed by atoms with Gasteiger partial charge in [0.2, 0.25) is 5.82 Å². The molecule has 1 aromatic carbocycles. The van der Waals surface area contributed by atoms with Gasteiger partial charge >= 0.3 is 6.18 Å². The van der Waals surface area contributed by atoms with Crippen molar-refractivity contribution in [3.8, 4) is 0 Å². The summed E-state index contributed by atoms with van der Waals surface area (Å²) in [5.74, 6) is -0.172. The van der Waals surface area contributed by atoms with Crippen LogP contribution >= 0.6 is 23.4 Å². The standard InChI is InChI=1S/C14H13ClF3N5OS/c1-22-12(14(16,17)18)20-21-13(22)25-7-11-19-9-3-2-8(15)6-10(9)23(11)4-5-24/h2-3,6,24H,4-5,7H2,1H3. The molecule has 2 aromatic heterocycles. The molecule has 0 aliphatic rings. The lowest BCUT2D eigenvalue weighted by Gasteiger charge is -2.08. The van der Waals surface area contributed by atoms with Gasteiger partial charge in [0.1, 0.15) is 5.82 Å². The highest BCUT2D eigenvalue weighted by molar-refractivity contribution is 7.98. The van der Waals surface area contributed by atoms with E-state index in [9.17, 15) is 18.3 Å². The van der Waals surface area contributed by atoms with E-state index in [-0.39, 0.29) is 17.5 Å². The minimum atomic E-state index is -4.55. The van der Waals surface area contributed by atoms with Gasteiger partial charge in [0, 0.05) is 18.6 Å². The Morgan fingerprint density at radius 1 is 1.28 bits per heavy atom. The predicted octanol–water partition coefficient (Wildman–Crippen LogP) is 3.12. The van der Waals surface area contributed by atoms with Crippen LogP contribution in [0.4, 0.5) is 13.2 Å². The van der Waals surface area contributed by atoms with E-state index in [0.717, 1.165) is 21.8 Å². The van der Waals surface area contributed by atoms with Gasteiger partial charge in [-0.2, -0.15) is 13.2 Å². The zero-order valence-electron chi connectivity index (χ0n) is 13.0. The highest BCUT2D eigenvalue weighted by Gasteiger charge is 2.37. The highest BCUT2D eigenvalue weighted by atomic mass is 35.5. The summed E-state index contributed by atoms with van der Waals surface area (Å²) in [7, 11) is 1.27. The van der Waals surface area contributed by atoms with Crippen LogP contribution in [0.5, 0.6) is 0 Å². The fourth-order valence-corrected chi connectivity index (χ4v) is 3.45. The Labute approximate surface area is 149 Å². The van der Waals surface area contributed by atoms with Gasteiger partial charge in [0.15, 0.2) is 5.16 Å². The molecule has 3 aromatic rings. The van der Waals surface area contributed by atoms with Gasteiger partial charge in [-0.15, -0.1) is 10.2 Å². The lowest BCUT2D eigenvalue weighted by atomic mass is 10.3. The molecule has 0 aliphatic heterocycles. The number of rotatable bonds is 5. The fraction of sp³-hybridized carbons (Fsp3) is 0.357. The normalized spacial score (nSPS) is 12.2. The summed E-state index contributed by atoms with van der Waals surface area (Å²) < 4.78 is 41.0. The molecule has 6 nitrogen and oxygen atoms in total. The molecule has 0 fully saturated rings. The maximum Gasteiger partial charge on any atom is 0.451 e.